The molecule has 0 aromatic carbocycles. The molecule has 2 heterocycles. The van der Waals surface area contributed by atoms with Gasteiger partial charge in [-0.3, -0.25) is 0 Å². The minimum Gasteiger partial charge on any atom is -0.375 e. The summed E-state index contributed by atoms with van der Waals surface area (Å²) >= 11 is 0. The van der Waals surface area contributed by atoms with Crippen LogP contribution in [0.5, 0.6) is 0 Å². The van der Waals surface area contributed by atoms with Gasteiger partial charge >= 0.3 is 0 Å². The fourth-order valence-corrected chi connectivity index (χ4v) is 5.45. The summed E-state index contributed by atoms with van der Waals surface area (Å²) in [5, 5.41) is -0.0944. The normalized spacial score (nSPS) is 36.8. The standard InChI is InChI=1S/C14H24N2O3S/c17-20(18,13-3-4-13)16-5-6-19-14-10-15(7-11-1-2-11)8-12(14)9-16/h11-14H,1-10H2/t12-,14-/m0/s1. The summed E-state index contributed by atoms with van der Waals surface area (Å²) in [4.78, 5) is 2.49. The van der Waals surface area contributed by atoms with E-state index in [1.165, 1.54) is 19.4 Å². The lowest BCUT2D eigenvalue weighted by Gasteiger charge is -2.23. The van der Waals surface area contributed by atoms with Crippen molar-refractivity contribution in [3.63, 3.8) is 0 Å². The molecule has 2 saturated carbocycles. The summed E-state index contributed by atoms with van der Waals surface area (Å²) in [5.41, 5.74) is 0. The second-order valence-corrected chi connectivity index (χ2v) is 9.15. The second-order valence-electron chi connectivity index (χ2n) is 6.93. The Morgan fingerprint density at radius 3 is 2.55 bits per heavy atom. The molecule has 20 heavy (non-hydrogen) atoms. The highest BCUT2D eigenvalue weighted by Crippen LogP contribution is 2.35. The molecule has 0 amide bonds. The molecule has 2 atom stereocenters. The molecule has 4 aliphatic rings. The summed E-state index contributed by atoms with van der Waals surface area (Å²) in [6, 6.07) is 0. The summed E-state index contributed by atoms with van der Waals surface area (Å²) < 4.78 is 32.5. The van der Waals surface area contributed by atoms with Gasteiger partial charge in [-0.25, -0.2) is 8.42 Å². The van der Waals surface area contributed by atoms with E-state index in [1.54, 1.807) is 4.31 Å². The van der Waals surface area contributed by atoms with Gasteiger partial charge in [0, 0.05) is 38.6 Å². The number of hydrogen-bond donors (Lipinski definition) is 0. The number of sulfonamides is 1. The molecule has 0 aromatic heterocycles. The largest absolute Gasteiger partial charge is 0.375 e. The van der Waals surface area contributed by atoms with Gasteiger partial charge in [0.1, 0.15) is 0 Å². The van der Waals surface area contributed by atoms with Crippen molar-refractivity contribution in [3.05, 3.63) is 0 Å². The first kappa shape index (κ1) is 13.5. The third-order valence-corrected chi connectivity index (χ3v) is 7.45. The molecule has 2 aliphatic carbocycles. The Bertz CT molecular complexity index is 473. The van der Waals surface area contributed by atoms with Crippen molar-refractivity contribution in [3.8, 4) is 0 Å². The van der Waals surface area contributed by atoms with E-state index in [9.17, 15) is 8.42 Å². The highest BCUT2D eigenvalue weighted by molar-refractivity contribution is 7.90. The quantitative estimate of drug-likeness (QED) is 0.759. The van der Waals surface area contributed by atoms with Crippen LogP contribution in [0.15, 0.2) is 0 Å². The van der Waals surface area contributed by atoms with Gasteiger partial charge < -0.3 is 9.64 Å². The van der Waals surface area contributed by atoms with Crippen molar-refractivity contribution in [2.75, 3.05) is 39.3 Å². The van der Waals surface area contributed by atoms with Crippen molar-refractivity contribution in [2.24, 2.45) is 11.8 Å². The molecule has 2 aliphatic heterocycles. The van der Waals surface area contributed by atoms with Crippen molar-refractivity contribution in [1.82, 2.24) is 9.21 Å². The summed E-state index contributed by atoms with van der Waals surface area (Å²) in [7, 11) is -3.04. The third-order valence-electron chi connectivity index (χ3n) is 5.09. The average Bonchev–Trinajstić information content (AvgIpc) is 3.24. The molecule has 0 bridgehead atoms. The minimum atomic E-state index is -3.04. The van der Waals surface area contributed by atoms with Crippen LogP contribution in [0, 0.1) is 11.8 Å². The molecule has 5 nitrogen and oxygen atoms in total. The number of nitrogens with zero attached hydrogens (tertiary/aromatic N) is 2. The lowest BCUT2D eigenvalue weighted by molar-refractivity contribution is 0.0520. The van der Waals surface area contributed by atoms with E-state index < -0.39 is 10.0 Å². The highest BCUT2D eigenvalue weighted by Gasteiger charge is 2.44. The van der Waals surface area contributed by atoms with Gasteiger partial charge in [-0.2, -0.15) is 4.31 Å². The van der Waals surface area contributed by atoms with Gasteiger partial charge in [-0.05, 0) is 31.6 Å². The first-order valence-electron chi connectivity index (χ1n) is 7.96. The van der Waals surface area contributed by atoms with Gasteiger partial charge in [0.05, 0.1) is 18.0 Å². The Labute approximate surface area is 121 Å². The summed E-state index contributed by atoms with van der Waals surface area (Å²) in [6.07, 6.45) is 4.68. The molecule has 4 fully saturated rings. The molecule has 6 heteroatoms. The second kappa shape index (κ2) is 4.93. The van der Waals surface area contributed by atoms with Gasteiger partial charge in [0.2, 0.25) is 10.0 Å². The Balaban J connectivity index is 1.43. The Morgan fingerprint density at radius 2 is 1.85 bits per heavy atom. The first-order valence-corrected chi connectivity index (χ1v) is 9.46. The lowest BCUT2D eigenvalue weighted by atomic mass is 10.1. The smallest absolute Gasteiger partial charge is 0.217 e. The first-order chi connectivity index (χ1) is 9.63. The summed E-state index contributed by atoms with van der Waals surface area (Å²) in [6.45, 7) is 4.98. The van der Waals surface area contributed by atoms with Gasteiger partial charge in [0.25, 0.3) is 0 Å². The van der Waals surface area contributed by atoms with Crippen molar-refractivity contribution >= 4 is 10.0 Å². The Morgan fingerprint density at radius 1 is 1.05 bits per heavy atom. The predicted octanol–water partition coefficient (Wildman–Crippen LogP) is 0.521. The van der Waals surface area contributed by atoms with Crippen LogP contribution in [0.4, 0.5) is 0 Å². The van der Waals surface area contributed by atoms with Gasteiger partial charge in [-0.15, -0.1) is 0 Å². The molecule has 114 valence electrons. The van der Waals surface area contributed by atoms with Crippen LogP contribution in [-0.4, -0.2) is 68.3 Å². The van der Waals surface area contributed by atoms with Crippen LogP contribution in [0.3, 0.4) is 0 Å². The third kappa shape index (κ3) is 2.63. The van der Waals surface area contributed by atoms with Gasteiger partial charge in [-0.1, -0.05) is 0 Å². The van der Waals surface area contributed by atoms with Crippen molar-refractivity contribution in [1.29, 1.82) is 0 Å². The van der Waals surface area contributed by atoms with Crippen molar-refractivity contribution < 1.29 is 13.2 Å². The average molecular weight is 300 g/mol. The fourth-order valence-electron chi connectivity index (χ4n) is 3.57. The Kier molecular flexibility index (Phi) is 3.33. The number of ether oxygens (including phenoxy) is 1. The Hall–Kier alpha value is -0.170. The van der Waals surface area contributed by atoms with E-state index >= 15 is 0 Å². The molecule has 0 spiro atoms. The van der Waals surface area contributed by atoms with E-state index in [0.29, 0.717) is 25.6 Å². The monoisotopic (exact) mass is 300 g/mol. The topological polar surface area (TPSA) is 49.9 Å². The molecular weight excluding hydrogens is 276 g/mol. The van der Waals surface area contributed by atoms with Crippen LogP contribution in [0.1, 0.15) is 25.7 Å². The minimum absolute atomic E-state index is 0.0944. The van der Waals surface area contributed by atoms with E-state index in [2.05, 4.69) is 4.90 Å². The molecule has 0 unspecified atom stereocenters. The molecule has 0 N–H and O–H groups in total. The maximum atomic E-state index is 12.4. The van der Waals surface area contributed by atoms with E-state index in [1.807, 2.05) is 0 Å². The zero-order chi connectivity index (χ0) is 13.7. The molecular formula is C14H24N2O3S. The lowest BCUT2D eigenvalue weighted by Crippen LogP contribution is -2.39. The SMILES string of the molecule is O=S(=O)(C1CC1)N1CCO[C@H]2CN(CC3CC3)C[C@H]2C1. The molecule has 2 saturated heterocycles. The predicted molar refractivity (Wildman–Crippen MR) is 75.9 cm³/mol. The van der Waals surface area contributed by atoms with Crippen LogP contribution >= 0.6 is 0 Å². The fraction of sp³-hybridized carbons (Fsp3) is 1.00. The maximum absolute atomic E-state index is 12.4. The molecule has 0 aromatic rings. The number of fused-ring (bicyclic) bond motifs is 1. The zero-order valence-corrected chi connectivity index (χ0v) is 12.7. The molecule has 4 rings (SSSR count). The van der Waals surface area contributed by atoms with Crippen LogP contribution < -0.4 is 0 Å². The number of rotatable bonds is 4. The van der Waals surface area contributed by atoms with E-state index in [4.69, 9.17) is 4.74 Å². The van der Waals surface area contributed by atoms with E-state index in [-0.39, 0.29) is 11.4 Å². The number of likely N-dealkylation sites (tertiary alicyclic amines) is 1. The van der Waals surface area contributed by atoms with Crippen LogP contribution in [0.25, 0.3) is 0 Å². The molecule has 0 radical (unpaired) electrons. The highest BCUT2D eigenvalue weighted by atomic mass is 32.2. The maximum Gasteiger partial charge on any atom is 0.217 e. The summed E-state index contributed by atoms with van der Waals surface area (Å²) in [5.74, 6) is 1.26. The van der Waals surface area contributed by atoms with Crippen LogP contribution in [0.2, 0.25) is 0 Å². The van der Waals surface area contributed by atoms with Gasteiger partial charge in [0.15, 0.2) is 0 Å². The van der Waals surface area contributed by atoms with E-state index in [0.717, 1.165) is 31.8 Å². The van der Waals surface area contributed by atoms with Crippen LogP contribution in [-0.2, 0) is 14.8 Å². The zero-order valence-electron chi connectivity index (χ0n) is 11.9. The number of hydrogen-bond acceptors (Lipinski definition) is 4. The van der Waals surface area contributed by atoms with Crippen molar-refractivity contribution in [2.45, 2.75) is 37.0 Å².